The number of benzene rings is 2. The number of carbonyl (C=O) groups excluding carboxylic acids is 1. The SMILES string of the molecule is Cc1cc(C)cc(NC(=O)Cc2ccc(OC3CCCC3C)cc2)c1. The number of rotatable bonds is 5. The number of hydrogen-bond donors (Lipinski definition) is 1. The molecular formula is C22H27NO2. The molecular weight excluding hydrogens is 310 g/mol. The summed E-state index contributed by atoms with van der Waals surface area (Å²) in [5, 5.41) is 2.98. The van der Waals surface area contributed by atoms with Crippen molar-refractivity contribution in [2.24, 2.45) is 5.92 Å². The Morgan fingerprint density at radius 1 is 1.08 bits per heavy atom. The fraction of sp³-hybridized carbons (Fsp3) is 0.409. The number of ether oxygens (including phenoxy) is 1. The second kappa shape index (κ2) is 7.73. The number of hydrogen-bond acceptors (Lipinski definition) is 2. The van der Waals surface area contributed by atoms with E-state index in [1.54, 1.807) is 0 Å². The standard InChI is InChI=1S/C22H27NO2/c1-15-11-16(2)13-19(12-15)23-22(24)14-18-7-9-20(10-8-18)25-21-6-4-5-17(21)3/h7-13,17,21H,4-6,14H2,1-3H3,(H,23,24). The fourth-order valence-electron chi connectivity index (χ4n) is 3.58. The first-order chi connectivity index (χ1) is 12.0. The molecule has 25 heavy (non-hydrogen) atoms. The number of amides is 1. The van der Waals surface area contributed by atoms with Gasteiger partial charge in [-0.05, 0) is 80.0 Å². The fourth-order valence-corrected chi connectivity index (χ4v) is 3.58. The van der Waals surface area contributed by atoms with E-state index in [0.29, 0.717) is 18.4 Å². The van der Waals surface area contributed by atoms with E-state index in [0.717, 1.165) is 34.5 Å². The highest BCUT2D eigenvalue weighted by molar-refractivity contribution is 5.92. The summed E-state index contributed by atoms with van der Waals surface area (Å²) in [5.74, 6) is 1.53. The Morgan fingerprint density at radius 3 is 2.36 bits per heavy atom. The summed E-state index contributed by atoms with van der Waals surface area (Å²) >= 11 is 0. The van der Waals surface area contributed by atoms with Gasteiger partial charge in [0.1, 0.15) is 11.9 Å². The largest absolute Gasteiger partial charge is 0.490 e. The van der Waals surface area contributed by atoms with E-state index in [9.17, 15) is 4.79 Å². The molecule has 2 atom stereocenters. The van der Waals surface area contributed by atoms with Gasteiger partial charge in [0.2, 0.25) is 5.91 Å². The Hall–Kier alpha value is -2.29. The summed E-state index contributed by atoms with van der Waals surface area (Å²) < 4.78 is 6.07. The van der Waals surface area contributed by atoms with Crippen LogP contribution in [0.25, 0.3) is 0 Å². The zero-order valence-corrected chi connectivity index (χ0v) is 15.3. The van der Waals surface area contributed by atoms with Crippen LogP contribution in [-0.4, -0.2) is 12.0 Å². The molecule has 2 unspecified atom stereocenters. The van der Waals surface area contributed by atoms with Gasteiger partial charge in [0.25, 0.3) is 0 Å². The van der Waals surface area contributed by atoms with Crippen molar-refractivity contribution in [2.75, 3.05) is 5.32 Å². The maximum atomic E-state index is 12.3. The molecule has 3 heteroatoms. The average Bonchev–Trinajstić information content (AvgIpc) is 2.93. The topological polar surface area (TPSA) is 38.3 Å². The van der Waals surface area contributed by atoms with Crippen molar-refractivity contribution >= 4 is 11.6 Å². The van der Waals surface area contributed by atoms with E-state index in [1.165, 1.54) is 12.8 Å². The van der Waals surface area contributed by atoms with Crippen LogP contribution in [-0.2, 0) is 11.2 Å². The third-order valence-corrected chi connectivity index (χ3v) is 4.86. The van der Waals surface area contributed by atoms with E-state index >= 15 is 0 Å². The maximum absolute atomic E-state index is 12.3. The van der Waals surface area contributed by atoms with Gasteiger partial charge < -0.3 is 10.1 Å². The molecule has 1 aliphatic carbocycles. The lowest BCUT2D eigenvalue weighted by Gasteiger charge is -2.18. The zero-order chi connectivity index (χ0) is 17.8. The van der Waals surface area contributed by atoms with Crippen molar-refractivity contribution in [1.29, 1.82) is 0 Å². The van der Waals surface area contributed by atoms with Gasteiger partial charge in [-0.1, -0.05) is 25.1 Å². The summed E-state index contributed by atoms with van der Waals surface area (Å²) in [6, 6.07) is 14.0. The van der Waals surface area contributed by atoms with Gasteiger partial charge in [-0.15, -0.1) is 0 Å². The van der Waals surface area contributed by atoms with Crippen LogP contribution in [0.4, 0.5) is 5.69 Å². The molecule has 1 saturated carbocycles. The summed E-state index contributed by atoms with van der Waals surface area (Å²) in [4.78, 5) is 12.3. The second-order valence-corrected chi connectivity index (χ2v) is 7.31. The number of anilines is 1. The molecule has 0 aliphatic heterocycles. The third kappa shape index (κ3) is 4.85. The molecule has 3 rings (SSSR count). The van der Waals surface area contributed by atoms with Gasteiger partial charge >= 0.3 is 0 Å². The quantitative estimate of drug-likeness (QED) is 0.829. The van der Waals surface area contributed by atoms with Gasteiger partial charge in [0.05, 0.1) is 6.42 Å². The lowest BCUT2D eigenvalue weighted by molar-refractivity contribution is -0.115. The van der Waals surface area contributed by atoms with Crippen LogP contribution >= 0.6 is 0 Å². The Labute approximate surface area is 150 Å². The van der Waals surface area contributed by atoms with Crippen LogP contribution < -0.4 is 10.1 Å². The summed E-state index contributed by atoms with van der Waals surface area (Å²) in [6.07, 6.45) is 4.34. The summed E-state index contributed by atoms with van der Waals surface area (Å²) in [5.41, 5.74) is 4.15. The highest BCUT2D eigenvalue weighted by atomic mass is 16.5. The van der Waals surface area contributed by atoms with E-state index in [2.05, 4.69) is 18.3 Å². The summed E-state index contributed by atoms with van der Waals surface area (Å²) in [7, 11) is 0. The minimum Gasteiger partial charge on any atom is -0.490 e. The van der Waals surface area contributed by atoms with Gasteiger partial charge in [0, 0.05) is 5.69 Å². The molecule has 1 N–H and O–H groups in total. The highest BCUT2D eigenvalue weighted by Crippen LogP contribution is 2.29. The molecule has 0 bridgehead atoms. The zero-order valence-electron chi connectivity index (χ0n) is 15.3. The molecule has 2 aromatic rings. The number of nitrogens with one attached hydrogen (secondary N) is 1. The van der Waals surface area contributed by atoms with Crippen LogP contribution in [0.5, 0.6) is 5.75 Å². The molecule has 2 aromatic carbocycles. The summed E-state index contributed by atoms with van der Waals surface area (Å²) in [6.45, 7) is 6.32. The molecule has 0 heterocycles. The van der Waals surface area contributed by atoms with Crippen molar-refractivity contribution in [3.05, 3.63) is 59.2 Å². The molecule has 1 amide bonds. The molecule has 0 saturated heterocycles. The molecule has 0 spiro atoms. The van der Waals surface area contributed by atoms with Crippen molar-refractivity contribution in [2.45, 2.75) is 52.6 Å². The first-order valence-electron chi connectivity index (χ1n) is 9.13. The van der Waals surface area contributed by atoms with Gasteiger partial charge in [-0.2, -0.15) is 0 Å². The first kappa shape index (κ1) is 17.5. The van der Waals surface area contributed by atoms with Crippen molar-refractivity contribution in [1.82, 2.24) is 0 Å². The van der Waals surface area contributed by atoms with Crippen LogP contribution in [0.2, 0.25) is 0 Å². The molecule has 1 aliphatic rings. The van der Waals surface area contributed by atoms with E-state index in [1.807, 2.05) is 50.2 Å². The molecule has 0 radical (unpaired) electrons. The Balaban J connectivity index is 1.56. The van der Waals surface area contributed by atoms with Gasteiger partial charge in [-0.25, -0.2) is 0 Å². The monoisotopic (exact) mass is 337 g/mol. The van der Waals surface area contributed by atoms with Crippen LogP contribution in [0.15, 0.2) is 42.5 Å². The minimum atomic E-state index is 0.00286. The predicted octanol–water partition coefficient (Wildman–Crippen LogP) is 5.05. The maximum Gasteiger partial charge on any atom is 0.228 e. The minimum absolute atomic E-state index is 0.00286. The van der Waals surface area contributed by atoms with Crippen molar-refractivity contribution < 1.29 is 9.53 Å². The Kier molecular flexibility index (Phi) is 5.42. The van der Waals surface area contributed by atoms with E-state index < -0.39 is 0 Å². The van der Waals surface area contributed by atoms with Gasteiger partial charge in [0.15, 0.2) is 0 Å². The van der Waals surface area contributed by atoms with Crippen LogP contribution in [0.1, 0.15) is 42.9 Å². The normalized spacial score (nSPS) is 19.6. The van der Waals surface area contributed by atoms with E-state index in [4.69, 9.17) is 4.74 Å². The van der Waals surface area contributed by atoms with Crippen molar-refractivity contribution in [3.8, 4) is 5.75 Å². The molecule has 132 valence electrons. The second-order valence-electron chi connectivity index (χ2n) is 7.31. The molecule has 0 aromatic heterocycles. The third-order valence-electron chi connectivity index (χ3n) is 4.86. The Bertz CT molecular complexity index is 716. The molecule has 1 fully saturated rings. The van der Waals surface area contributed by atoms with E-state index in [-0.39, 0.29) is 5.91 Å². The average molecular weight is 337 g/mol. The lowest BCUT2D eigenvalue weighted by Crippen LogP contribution is -2.19. The lowest BCUT2D eigenvalue weighted by atomic mass is 10.1. The Morgan fingerprint density at radius 2 is 1.76 bits per heavy atom. The predicted molar refractivity (Wildman–Crippen MR) is 102 cm³/mol. The molecule has 3 nitrogen and oxygen atoms in total. The van der Waals surface area contributed by atoms with Crippen LogP contribution in [0, 0.1) is 19.8 Å². The van der Waals surface area contributed by atoms with Crippen molar-refractivity contribution in [3.63, 3.8) is 0 Å². The first-order valence-corrected chi connectivity index (χ1v) is 9.13. The smallest absolute Gasteiger partial charge is 0.228 e. The van der Waals surface area contributed by atoms with Crippen LogP contribution in [0.3, 0.4) is 0 Å². The number of aryl methyl sites for hydroxylation is 2. The highest BCUT2D eigenvalue weighted by Gasteiger charge is 2.24. The number of carbonyl (C=O) groups is 1. The van der Waals surface area contributed by atoms with Gasteiger partial charge in [-0.3, -0.25) is 4.79 Å².